The van der Waals surface area contributed by atoms with Crippen molar-refractivity contribution in [3.8, 4) is 11.8 Å². The summed E-state index contributed by atoms with van der Waals surface area (Å²) in [6.07, 6.45) is 0. The molecule has 3 nitrogen and oxygen atoms in total. The lowest BCUT2D eigenvalue weighted by Crippen LogP contribution is -2.40. The van der Waals surface area contributed by atoms with Gasteiger partial charge in [-0.1, -0.05) is 18.8 Å². The van der Waals surface area contributed by atoms with Gasteiger partial charge in [-0.05, 0) is 18.6 Å². The molecule has 1 N–H and O–H groups in total. The largest absolute Gasteiger partial charge is 0.384 e. The van der Waals surface area contributed by atoms with Crippen molar-refractivity contribution >= 4 is 29.0 Å². The quantitative estimate of drug-likeness (QED) is 0.805. The first kappa shape index (κ1) is 14.4. The third-order valence-electron chi connectivity index (χ3n) is 2.94. The monoisotopic (exact) mass is 295 g/mol. The van der Waals surface area contributed by atoms with Crippen LogP contribution in [0, 0.1) is 18.8 Å². The van der Waals surface area contributed by atoms with Gasteiger partial charge in [-0.3, -0.25) is 4.79 Å². The average Bonchev–Trinajstić information content (AvgIpc) is 2.77. The molecule has 1 amide bonds. The van der Waals surface area contributed by atoms with E-state index >= 15 is 0 Å². The lowest BCUT2D eigenvalue weighted by atomic mass is 10.2. The second kappa shape index (κ2) is 6.47. The van der Waals surface area contributed by atoms with Gasteiger partial charge in [-0.25, -0.2) is 0 Å². The third-order valence-corrected chi connectivity index (χ3v) is 5.21. The summed E-state index contributed by atoms with van der Waals surface area (Å²) in [4.78, 5) is 16.0. The molecular formula is C14H17NO2S2. The molecule has 19 heavy (non-hydrogen) atoms. The second-order valence-corrected chi connectivity index (χ2v) is 7.11. The summed E-state index contributed by atoms with van der Waals surface area (Å²) < 4.78 is 0. The van der Waals surface area contributed by atoms with Crippen LogP contribution in [0.25, 0.3) is 0 Å². The third kappa shape index (κ3) is 3.53. The van der Waals surface area contributed by atoms with E-state index in [-0.39, 0.29) is 12.5 Å². The zero-order valence-electron chi connectivity index (χ0n) is 11.1. The van der Waals surface area contributed by atoms with E-state index in [0.717, 1.165) is 34.2 Å². The van der Waals surface area contributed by atoms with E-state index in [1.54, 1.807) is 0 Å². The van der Waals surface area contributed by atoms with E-state index in [4.69, 9.17) is 5.11 Å². The van der Waals surface area contributed by atoms with Crippen LogP contribution in [-0.2, 0) is 0 Å². The van der Waals surface area contributed by atoms with Gasteiger partial charge < -0.3 is 10.0 Å². The molecule has 1 aromatic heterocycles. The van der Waals surface area contributed by atoms with Crippen molar-refractivity contribution in [1.82, 2.24) is 4.90 Å². The number of rotatable bonds is 1. The summed E-state index contributed by atoms with van der Waals surface area (Å²) in [6, 6.07) is 1.90. The van der Waals surface area contributed by atoms with Crippen LogP contribution in [0.1, 0.15) is 27.0 Å². The summed E-state index contributed by atoms with van der Waals surface area (Å²) >= 11 is 3.33. The molecule has 5 heteroatoms. The van der Waals surface area contributed by atoms with Crippen molar-refractivity contribution in [3.63, 3.8) is 0 Å². The molecule has 0 spiro atoms. The summed E-state index contributed by atoms with van der Waals surface area (Å²) in [6.45, 7) is 5.59. The van der Waals surface area contributed by atoms with Gasteiger partial charge in [0.25, 0.3) is 5.91 Å². The highest BCUT2D eigenvalue weighted by Gasteiger charge is 2.23. The van der Waals surface area contributed by atoms with Crippen molar-refractivity contribution in [2.45, 2.75) is 19.1 Å². The van der Waals surface area contributed by atoms with Crippen LogP contribution < -0.4 is 0 Å². The molecule has 1 fully saturated rings. The molecule has 0 radical (unpaired) electrons. The number of thiophene rings is 1. The summed E-state index contributed by atoms with van der Waals surface area (Å²) in [5, 5.41) is 9.23. The van der Waals surface area contributed by atoms with E-state index in [1.807, 2.05) is 29.7 Å². The molecule has 1 aromatic rings. The number of hydrogen-bond acceptors (Lipinski definition) is 4. The molecule has 0 saturated carbocycles. The standard InChI is InChI=1S/C14H17NO2S2/c1-10-8-13(19-12(10)4-3-6-16)14(17)15-5-7-18-11(2)9-15/h8,11,16H,5-7,9H2,1-2H3. The van der Waals surface area contributed by atoms with Crippen LogP contribution in [0.15, 0.2) is 6.07 Å². The van der Waals surface area contributed by atoms with Crippen LogP contribution in [-0.4, -0.2) is 46.6 Å². The molecule has 2 heterocycles. The first-order valence-corrected chi connectivity index (χ1v) is 8.09. The smallest absolute Gasteiger partial charge is 0.264 e. The van der Waals surface area contributed by atoms with Crippen LogP contribution in [0.3, 0.4) is 0 Å². The van der Waals surface area contributed by atoms with Crippen LogP contribution >= 0.6 is 23.1 Å². The highest BCUT2D eigenvalue weighted by molar-refractivity contribution is 7.99. The molecule has 1 atom stereocenters. The fraction of sp³-hybridized carbons (Fsp3) is 0.500. The molecule has 0 bridgehead atoms. The number of aliphatic hydroxyl groups is 1. The molecular weight excluding hydrogens is 278 g/mol. The van der Waals surface area contributed by atoms with Gasteiger partial charge in [0.15, 0.2) is 0 Å². The minimum Gasteiger partial charge on any atom is -0.384 e. The number of thioether (sulfide) groups is 1. The molecule has 1 saturated heterocycles. The molecule has 0 aliphatic carbocycles. The Labute approximate surface area is 122 Å². The Morgan fingerprint density at radius 2 is 2.42 bits per heavy atom. The highest BCUT2D eigenvalue weighted by Crippen LogP contribution is 2.25. The number of hydrogen-bond donors (Lipinski definition) is 1. The van der Waals surface area contributed by atoms with Crippen molar-refractivity contribution in [1.29, 1.82) is 0 Å². The number of nitrogens with zero attached hydrogens (tertiary/aromatic N) is 1. The van der Waals surface area contributed by atoms with Crippen LogP contribution in [0.4, 0.5) is 0 Å². The van der Waals surface area contributed by atoms with Crippen molar-refractivity contribution in [2.24, 2.45) is 0 Å². The Bertz CT molecular complexity index is 527. The number of carbonyl (C=O) groups is 1. The van der Waals surface area contributed by atoms with Gasteiger partial charge in [-0.2, -0.15) is 11.8 Å². The van der Waals surface area contributed by atoms with Gasteiger partial charge >= 0.3 is 0 Å². The fourth-order valence-electron chi connectivity index (χ4n) is 1.99. The fourth-order valence-corrected chi connectivity index (χ4v) is 4.02. The van der Waals surface area contributed by atoms with E-state index in [9.17, 15) is 4.79 Å². The molecule has 1 aliphatic heterocycles. The number of aliphatic hydroxyl groups excluding tert-OH is 1. The van der Waals surface area contributed by atoms with Crippen LogP contribution in [0.2, 0.25) is 0 Å². The Morgan fingerprint density at radius 3 is 3.11 bits per heavy atom. The van der Waals surface area contributed by atoms with Gasteiger partial charge in [0.05, 0.1) is 9.75 Å². The maximum Gasteiger partial charge on any atom is 0.264 e. The zero-order valence-corrected chi connectivity index (χ0v) is 12.7. The van der Waals surface area contributed by atoms with Crippen molar-refractivity contribution in [3.05, 3.63) is 21.4 Å². The lowest BCUT2D eigenvalue weighted by Gasteiger charge is -2.30. The van der Waals surface area contributed by atoms with Gasteiger partial charge in [0, 0.05) is 24.1 Å². The highest BCUT2D eigenvalue weighted by atomic mass is 32.2. The number of aryl methyl sites for hydroxylation is 1. The maximum atomic E-state index is 12.4. The van der Waals surface area contributed by atoms with E-state index < -0.39 is 0 Å². The summed E-state index contributed by atoms with van der Waals surface area (Å²) in [5.41, 5.74) is 1.01. The van der Waals surface area contributed by atoms with Gasteiger partial charge in [0.2, 0.25) is 0 Å². The van der Waals surface area contributed by atoms with Crippen molar-refractivity contribution < 1.29 is 9.90 Å². The Morgan fingerprint density at radius 1 is 1.63 bits per heavy atom. The number of carbonyl (C=O) groups excluding carboxylic acids is 1. The summed E-state index contributed by atoms with van der Waals surface area (Å²) in [7, 11) is 0. The Balaban J connectivity index is 2.15. The van der Waals surface area contributed by atoms with Crippen molar-refractivity contribution in [2.75, 3.05) is 25.4 Å². The molecule has 0 aromatic carbocycles. The van der Waals surface area contributed by atoms with Crippen LogP contribution in [0.5, 0.6) is 0 Å². The molecule has 102 valence electrons. The minimum atomic E-state index is -0.151. The second-order valence-electron chi connectivity index (χ2n) is 4.52. The van der Waals surface area contributed by atoms with Gasteiger partial charge in [-0.15, -0.1) is 11.3 Å². The Kier molecular flexibility index (Phi) is 4.92. The average molecular weight is 295 g/mol. The van der Waals surface area contributed by atoms with E-state index in [0.29, 0.717) is 5.25 Å². The van der Waals surface area contributed by atoms with E-state index in [1.165, 1.54) is 11.3 Å². The topological polar surface area (TPSA) is 40.5 Å². The Hall–Kier alpha value is -0.960. The molecule has 1 unspecified atom stereocenters. The lowest BCUT2D eigenvalue weighted by molar-refractivity contribution is 0.0768. The predicted molar refractivity (Wildman–Crippen MR) is 80.8 cm³/mol. The maximum absolute atomic E-state index is 12.4. The molecule has 1 aliphatic rings. The predicted octanol–water partition coefficient (Wildman–Crippen LogP) is 1.98. The first-order chi connectivity index (χ1) is 9.11. The molecule has 2 rings (SSSR count). The normalized spacial score (nSPS) is 18.9. The first-order valence-electron chi connectivity index (χ1n) is 6.23. The SMILES string of the molecule is Cc1cc(C(=O)N2CCSC(C)C2)sc1C#CCO. The minimum absolute atomic E-state index is 0.109. The summed E-state index contributed by atoms with van der Waals surface area (Å²) in [5.74, 6) is 6.64. The zero-order chi connectivity index (χ0) is 13.8. The van der Waals surface area contributed by atoms with E-state index in [2.05, 4.69) is 18.8 Å². The number of amides is 1. The van der Waals surface area contributed by atoms with Gasteiger partial charge in [0.1, 0.15) is 6.61 Å².